The Morgan fingerprint density at radius 3 is 2.72 bits per heavy atom. The zero-order chi connectivity index (χ0) is 13.5. The van der Waals surface area contributed by atoms with Gasteiger partial charge in [0.2, 0.25) is 5.91 Å². The van der Waals surface area contributed by atoms with Crippen LogP contribution in [0.1, 0.15) is 35.2 Å². The van der Waals surface area contributed by atoms with E-state index in [2.05, 4.69) is 5.32 Å². The van der Waals surface area contributed by atoms with Crippen molar-refractivity contribution < 1.29 is 14.0 Å². The van der Waals surface area contributed by atoms with Gasteiger partial charge in [0.25, 0.3) is 5.91 Å². The van der Waals surface area contributed by atoms with Gasteiger partial charge in [-0.25, -0.2) is 4.39 Å². The van der Waals surface area contributed by atoms with E-state index in [1.807, 2.05) is 0 Å². The molecular formula is C13H17FN2O2. The number of rotatable bonds is 6. The molecule has 0 spiro atoms. The Bertz CT molecular complexity index is 447. The van der Waals surface area contributed by atoms with Gasteiger partial charge in [-0.05, 0) is 31.4 Å². The Kier molecular flexibility index (Phi) is 5.30. The van der Waals surface area contributed by atoms with Gasteiger partial charge in [0.1, 0.15) is 5.82 Å². The van der Waals surface area contributed by atoms with Crippen LogP contribution in [0, 0.1) is 12.7 Å². The summed E-state index contributed by atoms with van der Waals surface area (Å²) in [6.45, 7) is 2.01. The van der Waals surface area contributed by atoms with Crippen LogP contribution in [-0.2, 0) is 4.79 Å². The van der Waals surface area contributed by atoms with Gasteiger partial charge in [0.15, 0.2) is 0 Å². The number of aryl methyl sites for hydroxylation is 1. The highest BCUT2D eigenvalue weighted by atomic mass is 19.1. The van der Waals surface area contributed by atoms with Crippen molar-refractivity contribution in [1.29, 1.82) is 0 Å². The van der Waals surface area contributed by atoms with Gasteiger partial charge in [-0.3, -0.25) is 9.59 Å². The Labute approximate surface area is 105 Å². The highest BCUT2D eigenvalue weighted by Gasteiger charge is 2.12. The van der Waals surface area contributed by atoms with Crippen molar-refractivity contribution in [3.05, 3.63) is 35.1 Å². The molecule has 2 amide bonds. The maximum Gasteiger partial charge on any atom is 0.254 e. The number of hydrogen-bond donors (Lipinski definition) is 2. The van der Waals surface area contributed by atoms with Crippen molar-refractivity contribution in [1.82, 2.24) is 5.32 Å². The van der Waals surface area contributed by atoms with Gasteiger partial charge in [0.05, 0.1) is 5.56 Å². The molecule has 0 saturated heterocycles. The van der Waals surface area contributed by atoms with E-state index in [1.165, 1.54) is 6.07 Å². The summed E-state index contributed by atoms with van der Waals surface area (Å²) in [5.74, 6) is -1.28. The lowest BCUT2D eigenvalue weighted by Crippen LogP contribution is -2.25. The lowest BCUT2D eigenvalue weighted by atomic mass is 10.1. The molecule has 1 aromatic carbocycles. The average Bonchev–Trinajstić information content (AvgIpc) is 2.31. The summed E-state index contributed by atoms with van der Waals surface area (Å²) >= 11 is 0. The van der Waals surface area contributed by atoms with E-state index >= 15 is 0 Å². The molecule has 0 aliphatic rings. The minimum absolute atomic E-state index is 0.0462. The van der Waals surface area contributed by atoms with Gasteiger partial charge in [-0.15, -0.1) is 0 Å². The predicted molar refractivity (Wildman–Crippen MR) is 66.5 cm³/mol. The molecule has 0 bridgehead atoms. The van der Waals surface area contributed by atoms with E-state index in [-0.39, 0.29) is 11.5 Å². The van der Waals surface area contributed by atoms with Gasteiger partial charge >= 0.3 is 0 Å². The zero-order valence-electron chi connectivity index (χ0n) is 10.3. The van der Waals surface area contributed by atoms with Crippen LogP contribution in [0.3, 0.4) is 0 Å². The first-order valence-corrected chi connectivity index (χ1v) is 5.84. The van der Waals surface area contributed by atoms with Crippen LogP contribution in [0.5, 0.6) is 0 Å². The molecule has 98 valence electrons. The molecule has 5 heteroatoms. The summed E-state index contributed by atoms with van der Waals surface area (Å²) in [6.07, 6.45) is 1.56. The number of halogens is 1. The van der Waals surface area contributed by atoms with Crippen LogP contribution < -0.4 is 11.1 Å². The second kappa shape index (κ2) is 6.74. The van der Waals surface area contributed by atoms with E-state index in [0.29, 0.717) is 31.4 Å². The van der Waals surface area contributed by atoms with Crippen molar-refractivity contribution in [3.63, 3.8) is 0 Å². The summed E-state index contributed by atoms with van der Waals surface area (Å²) in [6, 6.07) is 4.69. The second-order valence-corrected chi connectivity index (χ2v) is 4.12. The molecule has 0 saturated carbocycles. The number of primary amides is 1. The molecule has 0 aromatic heterocycles. The first-order valence-electron chi connectivity index (χ1n) is 5.84. The molecule has 4 nitrogen and oxygen atoms in total. The largest absolute Gasteiger partial charge is 0.370 e. The smallest absolute Gasteiger partial charge is 0.254 e. The zero-order valence-corrected chi connectivity index (χ0v) is 10.3. The Hall–Kier alpha value is -1.91. The SMILES string of the molecule is Cc1cccc(C(=O)NCCCCC(N)=O)c1F. The van der Waals surface area contributed by atoms with Gasteiger partial charge < -0.3 is 11.1 Å². The number of carbonyl (C=O) groups excluding carboxylic acids is 2. The minimum Gasteiger partial charge on any atom is -0.370 e. The maximum absolute atomic E-state index is 13.6. The first-order chi connectivity index (χ1) is 8.52. The fraction of sp³-hybridized carbons (Fsp3) is 0.385. The van der Waals surface area contributed by atoms with Gasteiger partial charge in [0, 0.05) is 13.0 Å². The van der Waals surface area contributed by atoms with Crippen LogP contribution in [0.4, 0.5) is 4.39 Å². The fourth-order valence-electron chi connectivity index (χ4n) is 1.54. The highest BCUT2D eigenvalue weighted by Crippen LogP contribution is 2.11. The third kappa shape index (κ3) is 4.16. The quantitative estimate of drug-likeness (QED) is 0.753. The molecule has 18 heavy (non-hydrogen) atoms. The Morgan fingerprint density at radius 2 is 2.06 bits per heavy atom. The third-order valence-electron chi connectivity index (χ3n) is 2.57. The van der Waals surface area contributed by atoms with Crippen LogP contribution in [0.15, 0.2) is 18.2 Å². The van der Waals surface area contributed by atoms with Crippen LogP contribution in [0.25, 0.3) is 0 Å². The van der Waals surface area contributed by atoms with E-state index in [9.17, 15) is 14.0 Å². The third-order valence-corrected chi connectivity index (χ3v) is 2.57. The predicted octanol–water partition coefficient (Wildman–Crippen LogP) is 1.52. The molecule has 0 radical (unpaired) electrons. The molecule has 0 unspecified atom stereocenters. The van der Waals surface area contributed by atoms with Crippen molar-refractivity contribution in [3.8, 4) is 0 Å². The molecular weight excluding hydrogens is 235 g/mol. The van der Waals surface area contributed by atoms with Gasteiger partial charge in [-0.1, -0.05) is 12.1 Å². The summed E-state index contributed by atoms with van der Waals surface area (Å²) < 4.78 is 13.6. The minimum atomic E-state index is -0.493. The lowest BCUT2D eigenvalue weighted by molar-refractivity contribution is -0.118. The van der Waals surface area contributed by atoms with Gasteiger partial charge in [-0.2, -0.15) is 0 Å². The molecule has 1 aromatic rings. The summed E-state index contributed by atoms with van der Waals surface area (Å²) in [4.78, 5) is 22.2. The van der Waals surface area contributed by atoms with E-state index in [4.69, 9.17) is 5.73 Å². The number of nitrogens with two attached hydrogens (primary N) is 1. The van der Waals surface area contributed by atoms with Crippen LogP contribution in [0.2, 0.25) is 0 Å². The number of carbonyl (C=O) groups is 2. The van der Waals surface area contributed by atoms with Crippen LogP contribution >= 0.6 is 0 Å². The van der Waals surface area contributed by atoms with Crippen molar-refractivity contribution in [2.75, 3.05) is 6.54 Å². The average molecular weight is 252 g/mol. The molecule has 0 aliphatic heterocycles. The normalized spacial score (nSPS) is 10.1. The molecule has 0 heterocycles. The molecule has 3 N–H and O–H groups in total. The number of unbranched alkanes of at least 4 members (excludes halogenated alkanes) is 1. The lowest BCUT2D eigenvalue weighted by Gasteiger charge is -2.07. The first kappa shape index (κ1) is 14.2. The molecule has 0 aliphatic carbocycles. The number of nitrogens with one attached hydrogen (secondary N) is 1. The fourth-order valence-corrected chi connectivity index (χ4v) is 1.54. The van der Waals surface area contributed by atoms with Crippen molar-refractivity contribution in [2.24, 2.45) is 5.73 Å². The van der Waals surface area contributed by atoms with E-state index in [1.54, 1.807) is 19.1 Å². The summed E-state index contributed by atoms with van der Waals surface area (Å²) in [5.41, 5.74) is 5.47. The number of benzene rings is 1. The van der Waals surface area contributed by atoms with E-state index in [0.717, 1.165) is 0 Å². The standard InChI is InChI=1S/C13H17FN2O2/c1-9-5-4-6-10(12(9)14)13(18)16-8-3-2-7-11(15)17/h4-6H,2-3,7-8H2,1H3,(H2,15,17)(H,16,18). The Morgan fingerprint density at radius 1 is 1.33 bits per heavy atom. The molecule has 1 rings (SSSR count). The van der Waals surface area contributed by atoms with E-state index < -0.39 is 11.7 Å². The summed E-state index contributed by atoms with van der Waals surface area (Å²) in [5, 5.41) is 2.61. The maximum atomic E-state index is 13.6. The van der Waals surface area contributed by atoms with Crippen molar-refractivity contribution >= 4 is 11.8 Å². The molecule has 0 fully saturated rings. The molecule has 0 atom stereocenters. The topological polar surface area (TPSA) is 72.2 Å². The second-order valence-electron chi connectivity index (χ2n) is 4.12. The monoisotopic (exact) mass is 252 g/mol. The highest BCUT2D eigenvalue weighted by molar-refractivity contribution is 5.94. The number of amides is 2. The summed E-state index contributed by atoms with van der Waals surface area (Å²) in [7, 11) is 0. The van der Waals surface area contributed by atoms with Crippen LogP contribution in [-0.4, -0.2) is 18.4 Å². The Balaban J connectivity index is 2.41. The number of hydrogen-bond acceptors (Lipinski definition) is 2. The van der Waals surface area contributed by atoms with Crippen molar-refractivity contribution in [2.45, 2.75) is 26.2 Å².